The van der Waals surface area contributed by atoms with E-state index in [1.165, 1.54) is 12.1 Å². The van der Waals surface area contributed by atoms with Crippen LogP contribution in [0.1, 0.15) is 12.8 Å². The molecule has 0 radical (unpaired) electrons. The maximum Gasteiger partial charge on any atom is 0.293 e. The Morgan fingerprint density at radius 2 is 2.19 bits per heavy atom. The van der Waals surface area contributed by atoms with Crippen molar-refractivity contribution < 1.29 is 18.5 Å². The number of nitro benzene ring substituents is 1. The van der Waals surface area contributed by atoms with Gasteiger partial charge in [-0.2, -0.15) is 0 Å². The first-order valence-electron chi connectivity index (χ1n) is 6.22. The fraction of sp³-hybridized carbons (Fsp3) is 0.333. The second-order valence-electron chi connectivity index (χ2n) is 4.67. The van der Waals surface area contributed by atoms with Crippen molar-refractivity contribution in [2.24, 2.45) is 0 Å². The third kappa shape index (κ3) is 3.20. The molecule has 0 atom stereocenters. The monoisotopic (exact) mass is 313 g/mol. The highest BCUT2D eigenvalue weighted by molar-refractivity contribution is 7.89. The van der Waals surface area contributed by atoms with Crippen LogP contribution in [0.15, 0.2) is 35.7 Å². The van der Waals surface area contributed by atoms with E-state index in [9.17, 15) is 18.5 Å². The van der Waals surface area contributed by atoms with Gasteiger partial charge in [-0.05, 0) is 25.0 Å². The van der Waals surface area contributed by atoms with Gasteiger partial charge in [0.05, 0.1) is 9.82 Å². The van der Waals surface area contributed by atoms with Gasteiger partial charge < -0.3 is 10.1 Å². The van der Waals surface area contributed by atoms with Gasteiger partial charge in [-0.15, -0.1) is 6.58 Å². The van der Waals surface area contributed by atoms with E-state index in [1.807, 2.05) is 4.90 Å². The minimum Gasteiger partial charge on any atom is -0.359 e. The van der Waals surface area contributed by atoms with E-state index in [-0.39, 0.29) is 16.6 Å². The maximum atomic E-state index is 11.5. The van der Waals surface area contributed by atoms with Gasteiger partial charge >= 0.3 is 0 Å². The van der Waals surface area contributed by atoms with Crippen molar-refractivity contribution in [3.8, 4) is 0 Å². The Labute approximate surface area is 121 Å². The second kappa shape index (κ2) is 5.80. The zero-order valence-electron chi connectivity index (χ0n) is 11.1. The summed E-state index contributed by atoms with van der Waals surface area (Å²) in [5.74, 6) is 0. The van der Waals surface area contributed by atoms with Crippen LogP contribution in [0.3, 0.4) is 0 Å². The molecular weight excluding hydrogens is 298 g/mol. The van der Waals surface area contributed by atoms with Gasteiger partial charge in [0, 0.05) is 18.7 Å². The molecule has 0 amide bonds. The molecule has 0 unspecified atom stereocenters. The Morgan fingerprint density at radius 1 is 1.52 bits per heavy atom. The predicted octanol–water partition coefficient (Wildman–Crippen LogP) is 1.42. The average Bonchev–Trinajstić information content (AvgIpc) is 3.28. The normalized spacial score (nSPS) is 14.7. The zero-order chi connectivity index (χ0) is 15.6. The van der Waals surface area contributed by atoms with E-state index in [0.717, 1.165) is 23.8 Å². The Hall–Kier alpha value is -1.97. The first-order chi connectivity index (χ1) is 9.90. The van der Waals surface area contributed by atoms with Crippen molar-refractivity contribution in [2.45, 2.75) is 23.8 Å². The Balaban J connectivity index is 2.51. The summed E-state index contributed by atoms with van der Waals surface area (Å²) in [5, 5.41) is 19.8. The molecule has 1 aliphatic carbocycles. The Kier molecular flexibility index (Phi) is 4.26. The molecular formula is C12H15N3O5S. The fourth-order valence-electron chi connectivity index (χ4n) is 2.08. The minimum absolute atomic E-state index is 0.208. The topological polar surface area (TPSA) is 113 Å². The molecule has 1 fully saturated rings. The molecule has 21 heavy (non-hydrogen) atoms. The number of nitro groups is 1. The fourth-order valence-corrected chi connectivity index (χ4v) is 2.70. The highest BCUT2D eigenvalue weighted by atomic mass is 32.2. The van der Waals surface area contributed by atoms with Crippen molar-refractivity contribution in [3.05, 3.63) is 41.0 Å². The quantitative estimate of drug-likeness (QED) is 0.447. The third-order valence-corrected chi connectivity index (χ3v) is 4.31. The van der Waals surface area contributed by atoms with Gasteiger partial charge in [0.2, 0.25) is 0 Å². The summed E-state index contributed by atoms with van der Waals surface area (Å²) in [7, 11) is -4.15. The van der Waals surface area contributed by atoms with Crippen LogP contribution < -0.4 is 9.79 Å². The first-order valence-corrected chi connectivity index (χ1v) is 7.71. The molecule has 0 aromatic heterocycles. The molecule has 9 heteroatoms. The molecule has 1 aliphatic rings. The number of sulfonamides is 1. The number of benzene rings is 1. The van der Waals surface area contributed by atoms with Gasteiger partial charge in [-0.25, -0.2) is 8.42 Å². The minimum atomic E-state index is -4.15. The molecule has 8 nitrogen and oxygen atoms in total. The van der Waals surface area contributed by atoms with E-state index < -0.39 is 14.9 Å². The van der Waals surface area contributed by atoms with Crippen LogP contribution >= 0.6 is 0 Å². The van der Waals surface area contributed by atoms with Gasteiger partial charge in [-0.1, -0.05) is 11.0 Å². The van der Waals surface area contributed by atoms with Crippen molar-refractivity contribution in [1.29, 1.82) is 0 Å². The Morgan fingerprint density at radius 3 is 2.67 bits per heavy atom. The summed E-state index contributed by atoms with van der Waals surface area (Å²) in [6.45, 7) is 4.07. The molecule has 0 bridgehead atoms. The zero-order valence-corrected chi connectivity index (χ0v) is 11.9. The summed E-state index contributed by atoms with van der Waals surface area (Å²) in [6, 6.07) is 3.75. The van der Waals surface area contributed by atoms with E-state index in [4.69, 9.17) is 5.21 Å². The maximum absolute atomic E-state index is 11.5. The highest BCUT2D eigenvalue weighted by Crippen LogP contribution is 2.37. The first kappa shape index (κ1) is 15.4. The van der Waals surface area contributed by atoms with Crippen LogP contribution in [0.25, 0.3) is 0 Å². The lowest BCUT2D eigenvalue weighted by atomic mass is 10.2. The molecule has 2 rings (SSSR count). The van der Waals surface area contributed by atoms with E-state index >= 15 is 0 Å². The largest absolute Gasteiger partial charge is 0.359 e. The summed E-state index contributed by atoms with van der Waals surface area (Å²) in [6.07, 6.45) is 3.51. The van der Waals surface area contributed by atoms with Gasteiger partial charge in [0.15, 0.2) is 0 Å². The third-order valence-electron chi connectivity index (χ3n) is 3.20. The van der Waals surface area contributed by atoms with E-state index in [1.54, 1.807) is 6.08 Å². The smallest absolute Gasteiger partial charge is 0.293 e. The van der Waals surface area contributed by atoms with Crippen LogP contribution in [0.2, 0.25) is 0 Å². The highest BCUT2D eigenvalue weighted by Gasteiger charge is 2.33. The predicted molar refractivity (Wildman–Crippen MR) is 75.8 cm³/mol. The molecule has 0 aliphatic heterocycles. The molecule has 1 aromatic carbocycles. The van der Waals surface area contributed by atoms with Gasteiger partial charge in [-0.3, -0.25) is 10.1 Å². The molecule has 0 spiro atoms. The van der Waals surface area contributed by atoms with E-state index in [0.29, 0.717) is 12.2 Å². The number of nitrogens with one attached hydrogen (secondary N) is 1. The van der Waals surface area contributed by atoms with Crippen molar-refractivity contribution >= 4 is 21.4 Å². The molecule has 114 valence electrons. The molecule has 0 heterocycles. The summed E-state index contributed by atoms with van der Waals surface area (Å²) >= 11 is 0. The molecule has 0 saturated heterocycles. The Bertz CT molecular complexity index is 669. The number of hydrogen-bond donors (Lipinski definition) is 2. The number of hydrogen-bond acceptors (Lipinski definition) is 6. The van der Waals surface area contributed by atoms with Crippen LogP contribution in [0.4, 0.5) is 11.4 Å². The van der Waals surface area contributed by atoms with Crippen molar-refractivity contribution in [2.75, 3.05) is 11.4 Å². The average molecular weight is 313 g/mol. The lowest BCUT2D eigenvalue weighted by molar-refractivity contribution is -0.384. The van der Waals surface area contributed by atoms with Gasteiger partial charge in [0.25, 0.3) is 15.7 Å². The van der Waals surface area contributed by atoms with Gasteiger partial charge in [0.1, 0.15) is 5.69 Å². The standard InChI is InChI=1S/C12H15N3O5S/c1-2-7-14(9-3-4-9)11-6-5-10(21(19,20)13-16)8-12(11)15(17)18/h2,5-6,8-9,13,16H,1,3-4,7H2. The van der Waals surface area contributed by atoms with Crippen LogP contribution in [-0.4, -0.2) is 31.1 Å². The van der Waals surface area contributed by atoms with E-state index in [2.05, 4.69) is 6.58 Å². The van der Waals surface area contributed by atoms with Crippen LogP contribution in [0, 0.1) is 10.1 Å². The second-order valence-corrected chi connectivity index (χ2v) is 6.34. The number of anilines is 1. The molecule has 2 N–H and O–H groups in total. The summed E-state index contributed by atoms with van der Waals surface area (Å²) in [4.78, 5) is 13.2. The summed E-state index contributed by atoms with van der Waals surface area (Å²) < 4.78 is 23.0. The van der Waals surface area contributed by atoms with Crippen LogP contribution in [-0.2, 0) is 10.0 Å². The van der Waals surface area contributed by atoms with Crippen LogP contribution in [0.5, 0.6) is 0 Å². The lowest BCUT2D eigenvalue weighted by Gasteiger charge is -2.22. The molecule has 1 saturated carbocycles. The number of nitrogens with zero attached hydrogens (tertiary/aromatic N) is 2. The summed E-state index contributed by atoms with van der Waals surface area (Å²) in [5.41, 5.74) is 0.0272. The number of rotatable bonds is 7. The SMILES string of the molecule is C=CCN(c1ccc(S(=O)(=O)NO)cc1[N+](=O)[O-])C1CC1. The molecule has 1 aromatic rings. The van der Waals surface area contributed by atoms with Crippen molar-refractivity contribution in [3.63, 3.8) is 0 Å². The lowest BCUT2D eigenvalue weighted by Crippen LogP contribution is -2.26. The van der Waals surface area contributed by atoms with Crippen molar-refractivity contribution in [1.82, 2.24) is 4.89 Å².